The second-order valence-electron chi connectivity index (χ2n) is 5.36. The van der Waals surface area contributed by atoms with Crippen LogP contribution in [0, 0.1) is 6.92 Å². The molecule has 0 aliphatic carbocycles. The Morgan fingerprint density at radius 3 is 2.67 bits per heavy atom. The summed E-state index contributed by atoms with van der Waals surface area (Å²) in [4.78, 5) is 0. The molecule has 2 rings (SSSR count). The van der Waals surface area contributed by atoms with Crippen LogP contribution in [0.25, 0.3) is 0 Å². The quantitative estimate of drug-likeness (QED) is 0.855. The summed E-state index contributed by atoms with van der Waals surface area (Å²) >= 11 is 3.47. The molecule has 4 nitrogen and oxygen atoms in total. The van der Waals surface area contributed by atoms with E-state index in [4.69, 9.17) is 0 Å². The topological polar surface area (TPSA) is 50.1 Å². The highest BCUT2D eigenvalue weighted by Crippen LogP contribution is 2.31. The van der Waals surface area contributed by atoms with Crippen LogP contribution in [0.2, 0.25) is 0 Å². The highest BCUT2D eigenvalue weighted by molar-refractivity contribution is 9.10. The summed E-state index contributed by atoms with van der Waals surface area (Å²) < 4.78 is 2.85. The van der Waals surface area contributed by atoms with Crippen LogP contribution in [-0.2, 0) is 7.05 Å². The summed E-state index contributed by atoms with van der Waals surface area (Å²) in [6.07, 6.45) is 2.80. The number of hydrogen-bond acceptors (Lipinski definition) is 3. The lowest BCUT2D eigenvalue weighted by atomic mass is 10.0. The number of aromatic hydroxyl groups is 1. The molecule has 2 atom stereocenters. The first kappa shape index (κ1) is 16.0. The first-order valence-electron chi connectivity index (χ1n) is 7.17. The normalized spacial score (nSPS) is 14.1. The minimum atomic E-state index is 0.0945. The second-order valence-corrected chi connectivity index (χ2v) is 6.28. The Kier molecular flexibility index (Phi) is 5.06. The number of benzene rings is 1. The number of aryl methyl sites for hydroxylation is 1. The number of nitrogens with zero attached hydrogens (tertiary/aromatic N) is 2. The highest BCUT2D eigenvalue weighted by atomic mass is 79.9. The van der Waals surface area contributed by atoms with Crippen molar-refractivity contribution in [3.63, 3.8) is 0 Å². The average molecular weight is 352 g/mol. The smallest absolute Gasteiger partial charge is 0.120 e. The maximum Gasteiger partial charge on any atom is 0.120 e. The molecule has 0 radical (unpaired) electrons. The van der Waals surface area contributed by atoms with Crippen LogP contribution in [0.3, 0.4) is 0 Å². The van der Waals surface area contributed by atoms with Gasteiger partial charge in [-0.25, -0.2) is 0 Å². The molecule has 5 heteroatoms. The van der Waals surface area contributed by atoms with Gasteiger partial charge >= 0.3 is 0 Å². The molecule has 2 aromatic rings. The van der Waals surface area contributed by atoms with Crippen molar-refractivity contribution in [2.75, 3.05) is 0 Å². The number of rotatable bonds is 5. The van der Waals surface area contributed by atoms with Gasteiger partial charge in [-0.05, 0) is 38.5 Å². The zero-order chi connectivity index (χ0) is 15.6. The molecule has 0 spiro atoms. The second kappa shape index (κ2) is 6.62. The third kappa shape index (κ3) is 3.47. The van der Waals surface area contributed by atoms with Crippen LogP contribution in [0.5, 0.6) is 5.75 Å². The van der Waals surface area contributed by atoms with Gasteiger partial charge in [0.15, 0.2) is 0 Å². The monoisotopic (exact) mass is 351 g/mol. The number of phenolic OH excluding ortho intramolecular Hbond substituents is 1. The lowest BCUT2D eigenvalue weighted by Gasteiger charge is -2.23. The highest BCUT2D eigenvalue weighted by Gasteiger charge is 2.19. The summed E-state index contributed by atoms with van der Waals surface area (Å²) in [5.41, 5.74) is 3.26. The van der Waals surface area contributed by atoms with E-state index in [1.165, 1.54) is 5.56 Å². The summed E-state index contributed by atoms with van der Waals surface area (Å²) in [6, 6.07) is 5.81. The molecule has 0 saturated heterocycles. The van der Waals surface area contributed by atoms with Crippen LogP contribution < -0.4 is 5.32 Å². The van der Waals surface area contributed by atoms with Crippen LogP contribution in [0.4, 0.5) is 0 Å². The Morgan fingerprint density at radius 2 is 2.10 bits per heavy atom. The van der Waals surface area contributed by atoms with Crippen LogP contribution in [0.15, 0.2) is 28.9 Å². The van der Waals surface area contributed by atoms with E-state index in [0.717, 1.165) is 22.2 Å². The predicted octanol–water partition coefficient (Wildman–Crippen LogP) is 4.00. The van der Waals surface area contributed by atoms with Crippen LogP contribution in [-0.4, -0.2) is 14.9 Å². The SMILES string of the molecule is CCC(NC(C)c1cnn(C)c1C)c1cc(Br)ccc1O. The fraction of sp³-hybridized carbons (Fsp3) is 0.438. The molecule has 2 N–H and O–H groups in total. The van der Waals surface area contributed by atoms with Gasteiger partial charge in [-0.3, -0.25) is 4.68 Å². The zero-order valence-electron chi connectivity index (χ0n) is 12.9. The Bertz CT molecular complexity index is 624. The molecule has 2 unspecified atom stereocenters. The van der Waals surface area contributed by atoms with E-state index in [1.54, 1.807) is 6.07 Å². The average Bonchev–Trinajstić information content (AvgIpc) is 2.79. The van der Waals surface area contributed by atoms with E-state index < -0.39 is 0 Å². The van der Waals surface area contributed by atoms with Gasteiger partial charge in [-0.15, -0.1) is 0 Å². The Labute approximate surface area is 134 Å². The molecule has 0 aliphatic heterocycles. The minimum Gasteiger partial charge on any atom is -0.508 e. The lowest BCUT2D eigenvalue weighted by molar-refractivity contribution is 0.418. The predicted molar refractivity (Wildman–Crippen MR) is 88.3 cm³/mol. The Morgan fingerprint density at radius 1 is 1.38 bits per heavy atom. The van der Waals surface area contributed by atoms with Crippen molar-refractivity contribution in [2.45, 2.75) is 39.3 Å². The summed E-state index contributed by atoms with van der Waals surface area (Å²) in [5.74, 6) is 0.327. The fourth-order valence-electron chi connectivity index (χ4n) is 2.56. The maximum absolute atomic E-state index is 10.1. The molecule has 21 heavy (non-hydrogen) atoms. The van der Waals surface area contributed by atoms with Crippen molar-refractivity contribution in [1.29, 1.82) is 0 Å². The first-order valence-corrected chi connectivity index (χ1v) is 7.96. The van der Waals surface area contributed by atoms with Gasteiger partial charge < -0.3 is 10.4 Å². The van der Waals surface area contributed by atoms with E-state index in [9.17, 15) is 5.11 Å². The molecule has 0 bridgehead atoms. The molecule has 0 saturated carbocycles. The molecule has 114 valence electrons. The molecule has 1 heterocycles. The van der Waals surface area contributed by atoms with E-state index in [-0.39, 0.29) is 12.1 Å². The molecule has 0 fully saturated rings. The molecule has 1 aromatic carbocycles. The number of aromatic nitrogens is 2. The number of nitrogens with one attached hydrogen (secondary N) is 1. The third-order valence-electron chi connectivity index (χ3n) is 3.96. The third-order valence-corrected chi connectivity index (χ3v) is 4.46. The molecule has 1 aromatic heterocycles. The summed E-state index contributed by atoms with van der Waals surface area (Å²) in [6.45, 7) is 6.31. The Balaban J connectivity index is 2.23. The Hall–Kier alpha value is -1.33. The van der Waals surface area contributed by atoms with E-state index in [1.807, 2.05) is 30.1 Å². The summed E-state index contributed by atoms with van der Waals surface area (Å²) in [7, 11) is 1.95. The van der Waals surface area contributed by atoms with Gasteiger partial charge in [0.25, 0.3) is 0 Å². The maximum atomic E-state index is 10.1. The number of phenols is 1. The van der Waals surface area contributed by atoms with E-state index in [2.05, 4.69) is 47.1 Å². The summed E-state index contributed by atoms with van der Waals surface area (Å²) in [5, 5.41) is 18.0. The van der Waals surface area contributed by atoms with Gasteiger partial charge in [-0.2, -0.15) is 5.10 Å². The van der Waals surface area contributed by atoms with Crippen molar-refractivity contribution < 1.29 is 5.11 Å². The van der Waals surface area contributed by atoms with Gasteiger partial charge in [0.1, 0.15) is 5.75 Å². The van der Waals surface area contributed by atoms with Gasteiger partial charge in [0, 0.05) is 40.4 Å². The van der Waals surface area contributed by atoms with Crippen LogP contribution >= 0.6 is 15.9 Å². The largest absolute Gasteiger partial charge is 0.508 e. The molecule has 0 aliphatic rings. The van der Waals surface area contributed by atoms with Gasteiger partial charge in [0.05, 0.1) is 6.20 Å². The fourth-order valence-corrected chi connectivity index (χ4v) is 2.94. The van der Waals surface area contributed by atoms with Crippen molar-refractivity contribution in [2.24, 2.45) is 7.05 Å². The van der Waals surface area contributed by atoms with Gasteiger partial charge in [0.2, 0.25) is 0 Å². The molecular weight excluding hydrogens is 330 g/mol. The zero-order valence-corrected chi connectivity index (χ0v) is 14.5. The molecular formula is C16H22BrN3O. The number of halogens is 1. The number of hydrogen-bond donors (Lipinski definition) is 2. The molecule has 0 amide bonds. The van der Waals surface area contributed by atoms with E-state index >= 15 is 0 Å². The standard InChI is InChI=1S/C16H22BrN3O/c1-5-15(13-8-12(17)6-7-16(13)21)19-10(2)14-9-18-20(4)11(14)3/h6-10,15,19,21H,5H2,1-4H3. The minimum absolute atomic E-state index is 0.0945. The van der Waals surface area contributed by atoms with Crippen molar-refractivity contribution in [3.05, 3.63) is 45.7 Å². The lowest BCUT2D eigenvalue weighted by Crippen LogP contribution is -2.24. The first-order chi connectivity index (χ1) is 9.93. The van der Waals surface area contributed by atoms with Gasteiger partial charge in [-0.1, -0.05) is 22.9 Å². The van der Waals surface area contributed by atoms with Crippen molar-refractivity contribution in [1.82, 2.24) is 15.1 Å². The van der Waals surface area contributed by atoms with Crippen LogP contribution in [0.1, 0.15) is 49.2 Å². The van der Waals surface area contributed by atoms with E-state index in [0.29, 0.717) is 5.75 Å². The van der Waals surface area contributed by atoms with Crippen molar-refractivity contribution >= 4 is 15.9 Å². The van der Waals surface area contributed by atoms with Crippen molar-refractivity contribution in [3.8, 4) is 5.75 Å².